The van der Waals surface area contributed by atoms with Gasteiger partial charge in [-0.05, 0) is 70.6 Å². The van der Waals surface area contributed by atoms with E-state index in [0.29, 0.717) is 20.4 Å². The molecule has 0 radical (unpaired) electrons. The molecule has 0 saturated heterocycles. The molecular formula is C19H13IN4O5. The second-order valence-corrected chi connectivity index (χ2v) is 6.81. The van der Waals surface area contributed by atoms with Gasteiger partial charge in [0, 0.05) is 17.7 Å². The van der Waals surface area contributed by atoms with E-state index in [2.05, 4.69) is 15.5 Å². The Kier molecular flexibility index (Phi) is 6.34. The molecule has 0 saturated carbocycles. The highest BCUT2D eigenvalue weighted by Gasteiger charge is 2.08. The van der Waals surface area contributed by atoms with Crippen molar-refractivity contribution in [1.82, 2.24) is 10.4 Å². The number of aromatic hydroxyl groups is 1. The summed E-state index contributed by atoms with van der Waals surface area (Å²) in [5, 5.41) is 24.2. The largest absolute Gasteiger partial charge is 0.507 e. The molecule has 0 aliphatic carbocycles. The molecule has 10 heteroatoms. The molecule has 1 aromatic heterocycles. The summed E-state index contributed by atoms with van der Waals surface area (Å²) < 4.78 is 6.16. The van der Waals surface area contributed by atoms with E-state index >= 15 is 0 Å². The maximum Gasteiger partial charge on any atom is 0.287 e. The van der Waals surface area contributed by atoms with Crippen LogP contribution in [0.15, 0.2) is 65.9 Å². The van der Waals surface area contributed by atoms with E-state index in [4.69, 9.17) is 4.74 Å². The van der Waals surface area contributed by atoms with Crippen LogP contribution in [-0.4, -0.2) is 27.1 Å². The molecule has 29 heavy (non-hydrogen) atoms. The summed E-state index contributed by atoms with van der Waals surface area (Å²) in [4.78, 5) is 26.0. The van der Waals surface area contributed by atoms with Crippen molar-refractivity contribution in [3.63, 3.8) is 0 Å². The van der Waals surface area contributed by atoms with E-state index in [0.717, 1.165) is 6.20 Å². The van der Waals surface area contributed by atoms with Crippen molar-refractivity contribution in [1.29, 1.82) is 0 Å². The van der Waals surface area contributed by atoms with Gasteiger partial charge < -0.3 is 9.84 Å². The number of pyridine rings is 1. The minimum atomic E-state index is -0.537. The standard InChI is InChI=1S/C19H13IN4O5/c20-16-7-3-13(9-17(16)25)19(26)23-22-10-12-1-5-15(6-2-12)29-18-8-4-14(11-21-18)24(27)28/h1-11,25H,(H,23,26)/b22-10+. The van der Waals surface area contributed by atoms with E-state index in [1.807, 2.05) is 22.6 Å². The summed E-state index contributed by atoms with van der Waals surface area (Å²) in [6.45, 7) is 0. The van der Waals surface area contributed by atoms with Gasteiger partial charge in [-0.3, -0.25) is 14.9 Å². The van der Waals surface area contributed by atoms with Crippen molar-refractivity contribution in [2.75, 3.05) is 0 Å². The number of carbonyl (C=O) groups is 1. The molecule has 0 unspecified atom stereocenters. The second kappa shape index (κ2) is 9.10. The summed E-state index contributed by atoms with van der Waals surface area (Å²) in [5.41, 5.74) is 3.26. The van der Waals surface area contributed by atoms with E-state index in [1.165, 1.54) is 24.4 Å². The fourth-order valence-corrected chi connectivity index (χ4v) is 2.50. The number of rotatable bonds is 6. The van der Waals surface area contributed by atoms with Crippen LogP contribution < -0.4 is 10.2 Å². The number of nitrogens with zero attached hydrogens (tertiary/aromatic N) is 3. The van der Waals surface area contributed by atoms with Gasteiger partial charge in [0.2, 0.25) is 5.88 Å². The molecule has 0 fully saturated rings. The number of hydrogen-bond acceptors (Lipinski definition) is 7. The predicted octanol–water partition coefficient (Wildman–Crippen LogP) is 3.86. The number of aromatic nitrogens is 1. The van der Waals surface area contributed by atoms with Gasteiger partial charge in [0.15, 0.2) is 0 Å². The van der Waals surface area contributed by atoms with Crippen LogP contribution in [0.2, 0.25) is 0 Å². The van der Waals surface area contributed by atoms with Crippen molar-refractivity contribution in [3.05, 3.63) is 85.6 Å². The van der Waals surface area contributed by atoms with Crippen molar-refractivity contribution in [2.45, 2.75) is 0 Å². The molecule has 9 nitrogen and oxygen atoms in total. The number of phenolic OH excluding ortho intramolecular Hbond substituents is 1. The van der Waals surface area contributed by atoms with Crippen LogP contribution in [0.5, 0.6) is 17.4 Å². The van der Waals surface area contributed by atoms with Crippen molar-refractivity contribution in [3.8, 4) is 17.4 Å². The normalized spacial score (nSPS) is 10.7. The summed E-state index contributed by atoms with van der Waals surface area (Å²) >= 11 is 1.96. The number of carbonyl (C=O) groups excluding carboxylic acids is 1. The van der Waals surface area contributed by atoms with Gasteiger partial charge in [0.25, 0.3) is 11.6 Å². The molecule has 2 aromatic carbocycles. The van der Waals surface area contributed by atoms with Crippen LogP contribution >= 0.6 is 22.6 Å². The zero-order chi connectivity index (χ0) is 20.8. The lowest BCUT2D eigenvalue weighted by atomic mass is 10.2. The predicted molar refractivity (Wildman–Crippen MR) is 113 cm³/mol. The first-order chi connectivity index (χ1) is 13.9. The van der Waals surface area contributed by atoms with Crippen LogP contribution in [0.1, 0.15) is 15.9 Å². The first-order valence-electron chi connectivity index (χ1n) is 8.12. The Balaban J connectivity index is 1.57. The lowest BCUT2D eigenvalue weighted by molar-refractivity contribution is -0.385. The molecule has 0 bridgehead atoms. The number of ether oxygens (including phenoxy) is 1. The van der Waals surface area contributed by atoms with E-state index in [9.17, 15) is 20.0 Å². The highest BCUT2D eigenvalue weighted by molar-refractivity contribution is 14.1. The fourth-order valence-electron chi connectivity index (χ4n) is 2.17. The first-order valence-corrected chi connectivity index (χ1v) is 9.20. The fraction of sp³-hybridized carbons (Fsp3) is 0. The number of benzene rings is 2. The zero-order valence-corrected chi connectivity index (χ0v) is 16.8. The molecule has 1 heterocycles. The summed E-state index contributed by atoms with van der Waals surface area (Å²) in [6, 6.07) is 14.1. The van der Waals surface area contributed by atoms with Crippen LogP contribution in [0.25, 0.3) is 0 Å². The minimum Gasteiger partial charge on any atom is -0.507 e. The average Bonchev–Trinajstić information content (AvgIpc) is 2.71. The van der Waals surface area contributed by atoms with Gasteiger partial charge in [0.1, 0.15) is 17.7 Å². The maximum absolute atomic E-state index is 12.0. The molecule has 0 aliphatic rings. The summed E-state index contributed by atoms with van der Waals surface area (Å²) in [7, 11) is 0. The number of nitro groups is 1. The molecule has 2 N–H and O–H groups in total. The number of hydrogen-bond donors (Lipinski definition) is 2. The van der Waals surface area contributed by atoms with Crippen molar-refractivity contribution in [2.24, 2.45) is 5.10 Å². The van der Waals surface area contributed by atoms with E-state index < -0.39 is 10.8 Å². The number of nitrogens with one attached hydrogen (secondary N) is 1. The minimum absolute atomic E-state index is 0.0281. The Morgan fingerprint density at radius 1 is 1.21 bits per heavy atom. The number of halogens is 1. The SMILES string of the molecule is O=C(N/N=C/c1ccc(Oc2ccc([N+](=O)[O-])cn2)cc1)c1ccc(I)c(O)c1. The Labute approximate surface area is 178 Å². The Morgan fingerprint density at radius 2 is 1.97 bits per heavy atom. The molecular weight excluding hydrogens is 491 g/mol. The summed E-state index contributed by atoms with van der Waals surface area (Å²) in [6.07, 6.45) is 2.57. The Morgan fingerprint density at radius 3 is 2.59 bits per heavy atom. The molecule has 146 valence electrons. The maximum atomic E-state index is 12.0. The quantitative estimate of drug-likeness (QED) is 0.227. The van der Waals surface area contributed by atoms with Gasteiger partial charge in [-0.1, -0.05) is 0 Å². The van der Waals surface area contributed by atoms with Crippen molar-refractivity contribution >= 4 is 40.4 Å². The Bertz CT molecular complexity index is 1070. The lowest BCUT2D eigenvalue weighted by Gasteiger charge is -2.04. The van der Waals surface area contributed by atoms with Crippen LogP contribution in [0, 0.1) is 13.7 Å². The van der Waals surface area contributed by atoms with Crippen LogP contribution in [0.4, 0.5) is 5.69 Å². The topological polar surface area (TPSA) is 127 Å². The first kappa shape index (κ1) is 20.2. The van der Waals surface area contributed by atoms with Gasteiger partial charge in [-0.2, -0.15) is 5.10 Å². The third-order valence-corrected chi connectivity index (χ3v) is 4.53. The number of phenols is 1. The third-order valence-electron chi connectivity index (χ3n) is 3.62. The molecule has 0 atom stereocenters. The highest BCUT2D eigenvalue weighted by Crippen LogP contribution is 2.22. The average molecular weight is 504 g/mol. The number of amides is 1. The smallest absolute Gasteiger partial charge is 0.287 e. The summed E-state index contributed by atoms with van der Waals surface area (Å²) in [5.74, 6) is 0.296. The zero-order valence-electron chi connectivity index (χ0n) is 14.7. The molecule has 0 spiro atoms. The molecule has 3 aromatic rings. The van der Waals surface area contributed by atoms with Gasteiger partial charge in [-0.25, -0.2) is 10.4 Å². The number of hydrazone groups is 1. The lowest BCUT2D eigenvalue weighted by Crippen LogP contribution is -2.17. The second-order valence-electron chi connectivity index (χ2n) is 5.65. The molecule has 3 rings (SSSR count). The highest BCUT2D eigenvalue weighted by atomic mass is 127. The molecule has 1 amide bonds. The third kappa shape index (κ3) is 5.48. The van der Waals surface area contributed by atoms with Gasteiger partial charge >= 0.3 is 0 Å². The van der Waals surface area contributed by atoms with Crippen LogP contribution in [-0.2, 0) is 0 Å². The van der Waals surface area contributed by atoms with Gasteiger partial charge in [-0.15, -0.1) is 0 Å². The van der Waals surface area contributed by atoms with E-state index in [1.54, 1.807) is 36.4 Å². The molecule has 0 aliphatic heterocycles. The van der Waals surface area contributed by atoms with E-state index in [-0.39, 0.29) is 17.3 Å². The van der Waals surface area contributed by atoms with Crippen molar-refractivity contribution < 1.29 is 19.6 Å². The van der Waals surface area contributed by atoms with Crippen LogP contribution in [0.3, 0.4) is 0 Å². The monoisotopic (exact) mass is 504 g/mol. The Hall–Kier alpha value is -3.54. The van der Waals surface area contributed by atoms with Gasteiger partial charge in [0.05, 0.1) is 14.7 Å².